The van der Waals surface area contributed by atoms with Gasteiger partial charge in [-0.2, -0.15) is 0 Å². The van der Waals surface area contributed by atoms with Crippen molar-refractivity contribution >= 4 is 5.69 Å². The van der Waals surface area contributed by atoms with Crippen molar-refractivity contribution in [1.29, 1.82) is 0 Å². The van der Waals surface area contributed by atoms with Crippen molar-refractivity contribution < 1.29 is 14.2 Å². The Morgan fingerprint density at radius 3 is 2.26 bits per heavy atom. The van der Waals surface area contributed by atoms with Crippen LogP contribution in [0.25, 0.3) is 0 Å². The maximum atomic E-state index is 6.04. The molecule has 0 aliphatic heterocycles. The molecule has 0 aromatic heterocycles. The summed E-state index contributed by atoms with van der Waals surface area (Å²) in [5.74, 6) is 2.47. The molecule has 0 bridgehead atoms. The summed E-state index contributed by atoms with van der Waals surface area (Å²) in [6, 6.07) is 13.8. The van der Waals surface area contributed by atoms with E-state index in [-0.39, 0.29) is 6.10 Å². The minimum absolute atomic E-state index is 0.0774. The zero-order valence-electron chi connectivity index (χ0n) is 14.3. The molecule has 2 aromatic rings. The lowest BCUT2D eigenvalue weighted by molar-refractivity contribution is 0.210. The normalized spacial score (nSPS) is 11.7. The Hall–Kier alpha value is -2.36. The first-order chi connectivity index (χ1) is 11.2. The lowest BCUT2D eigenvalue weighted by Crippen LogP contribution is -2.25. The number of hydrogen-bond acceptors (Lipinski definition) is 4. The largest absolute Gasteiger partial charge is 0.497 e. The second kappa shape index (κ2) is 8.32. The first kappa shape index (κ1) is 17.0. The molecular weight excluding hydrogens is 290 g/mol. The van der Waals surface area contributed by atoms with E-state index in [1.54, 1.807) is 14.2 Å². The quantitative estimate of drug-likeness (QED) is 0.789. The van der Waals surface area contributed by atoms with Gasteiger partial charge in [0, 0.05) is 6.07 Å². The summed E-state index contributed by atoms with van der Waals surface area (Å²) in [5.41, 5.74) is 2.13. The molecule has 4 heteroatoms. The van der Waals surface area contributed by atoms with Gasteiger partial charge in [0.1, 0.15) is 23.4 Å². The number of benzene rings is 2. The zero-order chi connectivity index (χ0) is 16.7. The molecule has 0 saturated carbocycles. The maximum Gasteiger partial charge on any atom is 0.142 e. The minimum atomic E-state index is 0.0774. The van der Waals surface area contributed by atoms with Gasteiger partial charge in [-0.25, -0.2) is 0 Å². The lowest BCUT2D eigenvalue weighted by atomic mass is 10.2. The fraction of sp³-hybridized carbons (Fsp3) is 0.368. The smallest absolute Gasteiger partial charge is 0.142 e. The van der Waals surface area contributed by atoms with Gasteiger partial charge in [0.15, 0.2) is 0 Å². The fourth-order valence-corrected chi connectivity index (χ4v) is 2.25. The summed E-state index contributed by atoms with van der Waals surface area (Å²) in [5, 5.41) is 3.39. The molecule has 0 aliphatic carbocycles. The summed E-state index contributed by atoms with van der Waals surface area (Å²) in [7, 11) is 3.31. The standard InChI is InChI=1S/C19H25NO3/c1-5-15(23-16-8-6-14(2)7-9-16)13-20-18-12-17(21-3)10-11-19(18)22-4/h6-12,15,20H,5,13H2,1-4H3/t15-/m1/s1. The SMILES string of the molecule is CC[C@H](CNc1cc(OC)ccc1OC)Oc1ccc(C)cc1. The van der Waals surface area contributed by atoms with E-state index in [1.807, 2.05) is 30.3 Å². The lowest BCUT2D eigenvalue weighted by Gasteiger charge is -2.20. The van der Waals surface area contributed by atoms with Crippen molar-refractivity contribution in [3.05, 3.63) is 48.0 Å². The van der Waals surface area contributed by atoms with Crippen LogP contribution in [0.3, 0.4) is 0 Å². The van der Waals surface area contributed by atoms with E-state index < -0.39 is 0 Å². The van der Waals surface area contributed by atoms with Crippen molar-refractivity contribution in [2.24, 2.45) is 0 Å². The van der Waals surface area contributed by atoms with Gasteiger partial charge in [0.25, 0.3) is 0 Å². The Labute approximate surface area is 138 Å². The number of ether oxygens (including phenoxy) is 3. The first-order valence-electron chi connectivity index (χ1n) is 7.85. The highest BCUT2D eigenvalue weighted by atomic mass is 16.5. The van der Waals surface area contributed by atoms with E-state index in [1.165, 1.54) is 5.56 Å². The van der Waals surface area contributed by atoms with Crippen LogP contribution in [0, 0.1) is 6.92 Å². The summed E-state index contributed by atoms with van der Waals surface area (Å²) in [4.78, 5) is 0. The van der Waals surface area contributed by atoms with Crippen LogP contribution in [0.1, 0.15) is 18.9 Å². The second-order valence-corrected chi connectivity index (χ2v) is 5.41. The topological polar surface area (TPSA) is 39.7 Å². The van der Waals surface area contributed by atoms with Gasteiger partial charge >= 0.3 is 0 Å². The van der Waals surface area contributed by atoms with E-state index >= 15 is 0 Å². The molecule has 4 nitrogen and oxygen atoms in total. The van der Waals surface area contributed by atoms with Crippen molar-refractivity contribution in [2.45, 2.75) is 26.4 Å². The average Bonchev–Trinajstić information content (AvgIpc) is 2.59. The molecule has 0 heterocycles. The summed E-state index contributed by atoms with van der Waals surface area (Å²) < 4.78 is 16.7. The molecule has 0 saturated heterocycles. The molecule has 23 heavy (non-hydrogen) atoms. The van der Waals surface area contributed by atoms with Crippen LogP contribution in [0.15, 0.2) is 42.5 Å². The molecule has 2 aromatic carbocycles. The number of anilines is 1. The number of hydrogen-bond donors (Lipinski definition) is 1. The molecule has 124 valence electrons. The Kier molecular flexibility index (Phi) is 6.15. The Balaban J connectivity index is 2.01. The van der Waals surface area contributed by atoms with Crippen LogP contribution < -0.4 is 19.5 Å². The average molecular weight is 315 g/mol. The van der Waals surface area contributed by atoms with Crippen LogP contribution in [-0.2, 0) is 0 Å². The molecule has 0 unspecified atom stereocenters. The van der Waals surface area contributed by atoms with E-state index in [0.29, 0.717) is 6.54 Å². The van der Waals surface area contributed by atoms with Crippen LogP contribution in [0.2, 0.25) is 0 Å². The Bertz CT molecular complexity index is 611. The predicted octanol–water partition coefficient (Wildman–Crippen LogP) is 4.28. The summed E-state index contributed by atoms with van der Waals surface area (Å²) in [6.07, 6.45) is 0.987. The van der Waals surface area contributed by atoms with E-state index in [9.17, 15) is 0 Å². The fourth-order valence-electron chi connectivity index (χ4n) is 2.25. The number of aryl methyl sites for hydroxylation is 1. The highest BCUT2D eigenvalue weighted by molar-refractivity contribution is 5.59. The number of rotatable bonds is 8. The van der Waals surface area contributed by atoms with Crippen molar-refractivity contribution in [2.75, 3.05) is 26.1 Å². The third-order valence-electron chi connectivity index (χ3n) is 3.71. The van der Waals surface area contributed by atoms with Gasteiger partial charge in [0.2, 0.25) is 0 Å². The molecule has 0 radical (unpaired) electrons. The molecule has 1 N–H and O–H groups in total. The monoisotopic (exact) mass is 315 g/mol. The van der Waals surface area contributed by atoms with Gasteiger partial charge in [-0.3, -0.25) is 0 Å². The van der Waals surface area contributed by atoms with Crippen LogP contribution in [-0.4, -0.2) is 26.9 Å². The number of nitrogens with one attached hydrogen (secondary N) is 1. The van der Waals surface area contributed by atoms with Gasteiger partial charge in [-0.1, -0.05) is 24.6 Å². The van der Waals surface area contributed by atoms with E-state index in [2.05, 4.69) is 31.3 Å². The first-order valence-corrected chi connectivity index (χ1v) is 7.85. The third kappa shape index (κ3) is 4.81. The van der Waals surface area contributed by atoms with Crippen molar-refractivity contribution in [1.82, 2.24) is 0 Å². The molecular formula is C19H25NO3. The second-order valence-electron chi connectivity index (χ2n) is 5.41. The summed E-state index contributed by atoms with van der Waals surface area (Å²) >= 11 is 0. The van der Waals surface area contributed by atoms with Crippen molar-refractivity contribution in [3.63, 3.8) is 0 Å². The maximum absolute atomic E-state index is 6.04. The number of methoxy groups -OCH3 is 2. The Morgan fingerprint density at radius 2 is 1.65 bits per heavy atom. The summed E-state index contributed by atoms with van der Waals surface area (Å²) in [6.45, 7) is 4.87. The zero-order valence-corrected chi connectivity index (χ0v) is 14.3. The Morgan fingerprint density at radius 1 is 0.957 bits per heavy atom. The minimum Gasteiger partial charge on any atom is -0.497 e. The van der Waals surface area contributed by atoms with Crippen LogP contribution in [0.5, 0.6) is 17.2 Å². The molecule has 0 amide bonds. The molecule has 0 spiro atoms. The van der Waals surface area contributed by atoms with Gasteiger partial charge in [-0.05, 0) is 37.6 Å². The van der Waals surface area contributed by atoms with Crippen LogP contribution >= 0.6 is 0 Å². The van der Waals surface area contributed by atoms with Gasteiger partial charge < -0.3 is 19.5 Å². The molecule has 0 aliphatic rings. The molecule has 0 fully saturated rings. The third-order valence-corrected chi connectivity index (χ3v) is 3.71. The molecule has 2 rings (SSSR count). The van der Waals surface area contributed by atoms with E-state index in [4.69, 9.17) is 14.2 Å². The van der Waals surface area contributed by atoms with Gasteiger partial charge in [-0.15, -0.1) is 0 Å². The van der Waals surface area contributed by atoms with E-state index in [0.717, 1.165) is 29.4 Å². The van der Waals surface area contributed by atoms with Crippen LogP contribution in [0.4, 0.5) is 5.69 Å². The molecule has 1 atom stereocenters. The van der Waals surface area contributed by atoms with Crippen molar-refractivity contribution in [3.8, 4) is 17.2 Å². The highest BCUT2D eigenvalue weighted by Crippen LogP contribution is 2.29. The highest BCUT2D eigenvalue weighted by Gasteiger charge is 2.11. The predicted molar refractivity (Wildman–Crippen MR) is 93.9 cm³/mol. The van der Waals surface area contributed by atoms with Gasteiger partial charge in [0.05, 0.1) is 26.5 Å².